The van der Waals surface area contributed by atoms with Crippen molar-refractivity contribution in [2.24, 2.45) is 11.5 Å². The largest absolute Gasteiger partial charge is 0.481 e. The SMILES string of the molecule is CC(=O)NC(CCC(=O)O)C(=O)N1CCCC[C@H]1C(=O)NC(Cc1c[nH]c2ccccc12)C(=O)NC(CCCNC(N)=O)C(N)=O. The second-order valence-corrected chi connectivity index (χ2v) is 11.3. The second-order valence-electron chi connectivity index (χ2n) is 11.3. The van der Waals surface area contributed by atoms with Crippen LogP contribution < -0.4 is 32.7 Å². The van der Waals surface area contributed by atoms with Gasteiger partial charge >= 0.3 is 12.0 Å². The number of aromatic amines is 1. The average molecular weight is 643 g/mol. The summed E-state index contributed by atoms with van der Waals surface area (Å²) in [6.07, 6.45) is 3.09. The number of urea groups is 1. The van der Waals surface area contributed by atoms with Gasteiger partial charge in [0, 0.05) is 50.0 Å². The maximum absolute atomic E-state index is 13.8. The lowest BCUT2D eigenvalue weighted by atomic mass is 9.97. The molecule has 10 N–H and O–H groups in total. The Bertz CT molecular complexity index is 1440. The number of carboxylic acid groups (broad SMARTS) is 1. The highest BCUT2D eigenvalue weighted by molar-refractivity contribution is 5.96. The predicted molar refractivity (Wildman–Crippen MR) is 166 cm³/mol. The summed E-state index contributed by atoms with van der Waals surface area (Å²) >= 11 is 0. The third kappa shape index (κ3) is 10.2. The van der Waals surface area contributed by atoms with E-state index in [0.29, 0.717) is 18.4 Å². The molecule has 0 aliphatic carbocycles. The first-order valence-corrected chi connectivity index (χ1v) is 15.1. The standard InChI is InChI=1S/C30H42N8O8/c1-17(39)35-22(11-12-25(40)41)29(45)38-14-5-4-10-24(38)28(44)37-23(15-18-16-34-20-8-3-2-7-19(18)20)27(43)36-21(26(31)42)9-6-13-33-30(32)46/h2-3,7-8,16,21-24,34H,4-6,9-15H2,1H3,(H2,31,42)(H,35,39)(H,36,43)(H,37,44)(H,40,41)(H3,32,33,46)/t21?,22?,23?,24-/m0/s1. The highest BCUT2D eigenvalue weighted by atomic mass is 16.4. The fourth-order valence-electron chi connectivity index (χ4n) is 5.51. The van der Waals surface area contributed by atoms with Gasteiger partial charge in [-0.05, 0) is 50.2 Å². The van der Waals surface area contributed by atoms with Crippen LogP contribution in [0.5, 0.6) is 0 Å². The van der Waals surface area contributed by atoms with Crippen LogP contribution in [0.15, 0.2) is 30.5 Å². The van der Waals surface area contributed by atoms with Gasteiger partial charge in [-0.1, -0.05) is 18.2 Å². The summed E-state index contributed by atoms with van der Waals surface area (Å²) in [5, 5.41) is 20.2. The summed E-state index contributed by atoms with van der Waals surface area (Å²) in [7, 11) is 0. The summed E-state index contributed by atoms with van der Waals surface area (Å²) < 4.78 is 0. The number of likely N-dealkylation sites (tertiary alicyclic amines) is 1. The molecule has 2 heterocycles. The number of carbonyl (C=O) groups is 7. The molecule has 0 saturated carbocycles. The number of H-pyrrole nitrogens is 1. The van der Waals surface area contributed by atoms with Gasteiger partial charge in [0.2, 0.25) is 29.5 Å². The summed E-state index contributed by atoms with van der Waals surface area (Å²) in [6.45, 7) is 1.56. The summed E-state index contributed by atoms with van der Waals surface area (Å²) in [5.74, 6) is -4.36. The van der Waals surface area contributed by atoms with Gasteiger partial charge < -0.3 is 47.7 Å². The fourth-order valence-corrected chi connectivity index (χ4v) is 5.51. The summed E-state index contributed by atoms with van der Waals surface area (Å²) in [5.41, 5.74) is 12.1. The first-order chi connectivity index (χ1) is 21.9. The number of hydrogen-bond acceptors (Lipinski definition) is 7. The molecule has 7 amide bonds. The van der Waals surface area contributed by atoms with Gasteiger partial charge in [0.05, 0.1) is 0 Å². The molecule has 3 unspecified atom stereocenters. The molecular weight excluding hydrogens is 600 g/mol. The van der Waals surface area contributed by atoms with Crippen molar-refractivity contribution >= 4 is 52.4 Å². The molecule has 250 valence electrons. The van der Waals surface area contributed by atoms with E-state index in [9.17, 15) is 33.6 Å². The zero-order chi connectivity index (χ0) is 33.8. The van der Waals surface area contributed by atoms with Crippen LogP contribution in [0.25, 0.3) is 10.9 Å². The third-order valence-electron chi connectivity index (χ3n) is 7.77. The first kappa shape index (κ1) is 35.3. The fraction of sp³-hybridized carbons (Fsp3) is 0.500. The Balaban J connectivity index is 1.84. The molecule has 1 aromatic carbocycles. The maximum Gasteiger partial charge on any atom is 0.312 e. The van der Waals surface area contributed by atoms with Crippen molar-refractivity contribution in [2.75, 3.05) is 13.1 Å². The van der Waals surface area contributed by atoms with Crippen LogP contribution in [0.2, 0.25) is 0 Å². The molecule has 16 nitrogen and oxygen atoms in total. The van der Waals surface area contributed by atoms with E-state index in [1.807, 2.05) is 24.3 Å². The van der Waals surface area contributed by atoms with Crippen molar-refractivity contribution < 1.29 is 38.7 Å². The quantitative estimate of drug-likeness (QED) is 0.109. The number of nitrogens with one attached hydrogen (secondary N) is 5. The number of carbonyl (C=O) groups excluding carboxylic acids is 6. The average Bonchev–Trinajstić information content (AvgIpc) is 3.42. The molecule has 0 radical (unpaired) electrons. The van der Waals surface area contributed by atoms with Crippen LogP contribution in [0.4, 0.5) is 4.79 Å². The van der Waals surface area contributed by atoms with Crippen molar-refractivity contribution in [1.29, 1.82) is 0 Å². The normalized spacial score (nSPS) is 16.5. The monoisotopic (exact) mass is 642 g/mol. The minimum atomic E-state index is -1.19. The third-order valence-corrected chi connectivity index (χ3v) is 7.77. The smallest absolute Gasteiger partial charge is 0.312 e. The van der Waals surface area contributed by atoms with Gasteiger partial charge in [0.25, 0.3) is 0 Å². The van der Waals surface area contributed by atoms with E-state index in [2.05, 4.69) is 26.3 Å². The van der Waals surface area contributed by atoms with Crippen LogP contribution in [-0.2, 0) is 35.2 Å². The van der Waals surface area contributed by atoms with Crippen LogP contribution >= 0.6 is 0 Å². The Morgan fingerprint density at radius 1 is 0.978 bits per heavy atom. The maximum atomic E-state index is 13.8. The lowest BCUT2D eigenvalue weighted by molar-refractivity contribution is -0.146. The summed E-state index contributed by atoms with van der Waals surface area (Å²) in [6, 6.07) is 2.23. The van der Waals surface area contributed by atoms with Crippen molar-refractivity contribution in [2.45, 2.75) is 82.5 Å². The number of benzene rings is 1. The van der Waals surface area contributed by atoms with Crippen molar-refractivity contribution in [3.63, 3.8) is 0 Å². The van der Waals surface area contributed by atoms with E-state index in [0.717, 1.165) is 10.9 Å². The highest BCUT2D eigenvalue weighted by Gasteiger charge is 2.38. The van der Waals surface area contributed by atoms with Crippen molar-refractivity contribution in [3.05, 3.63) is 36.0 Å². The first-order valence-electron chi connectivity index (χ1n) is 15.1. The van der Waals surface area contributed by atoms with Crippen molar-refractivity contribution in [1.82, 2.24) is 31.2 Å². The molecule has 0 spiro atoms. The van der Waals surface area contributed by atoms with Gasteiger partial charge in [0.15, 0.2) is 0 Å². The Hall–Kier alpha value is -5.15. The van der Waals surface area contributed by atoms with Gasteiger partial charge in [-0.3, -0.25) is 28.8 Å². The van der Waals surface area contributed by atoms with E-state index in [-0.39, 0.29) is 51.6 Å². The van der Waals surface area contributed by atoms with Crippen molar-refractivity contribution in [3.8, 4) is 0 Å². The Kier molecular flexibility index (Phi) is 12.9. The molecule has 1 saturated heterocycles. The number of amides is 7. The molecule has 0 bridgehead atoms. The molecule has 4 atom stereocenters. The Morgan fingerprint density at radius 3 is 2.39 bits per heavy atom. The van der Waals surface area contributed by atoms with Crippen LogP contribution in [0.1, 0.15) is 57.4 Å². The number of nitrogens with two attached hydrogens (primary N) is 2. The number of hydrogen-bond donors (Lipinski definition) is 8. The van der Waals surface area contributed by atoms with Gasteiger partial charge in [-0.25, -0.2) is 4.79 Å². The Morgan fingerprint density at radius 2 is 1.72 bits per heavy atom. The van der Waals surface area contributed by atoms with E-state index in [4.69, 9.17) is 16.6 Å². The lowest BCUT2D eigenvalue weighted by Crippen LogP contribution is -2.60. The second kappa shape index (κ2) is 16.8. The molecule has 3 rings (SSSR count). The van der Waals surface area contributed by atoms with E-state index in [1.165, 1.54) is 11.8 Å². The number of aromatic nitrogens is 1. The minimum Gasteiger partial charge on any atom is -0.481 e. The summed E-state index contributed by atoms with van der Waals surface area (Å²) in [4.78, 5) is 91.6. The molecular formula is C30H42N8O8. The van der Waals surface area contributed by atoms with E-state index < -0.39 is 65.7 Å². The number of nitrogens with zero attached hydrogens (tertiary/aromatic N) is 1. The van der Waals surface area contributed by atoms with Gasteiger partial charge in [-0.2, -0.15) is 0 Å². The van der Waals surface area contributed by atoms with E-state index >= 15 is 0 Å². The van der Waals surface area contributed by atoms with Crippen LogP contribution in [-0.4, -0.2) is 93.8 Å². The highest BCUT2D eigenvalue weighted by Crippen LogP contribution is 2.22. The molecule has 1 aliphatic heterocycles. The van der Waals surface area contributed by atoms with E-state index in [1.54, 1.807) is 6.20 Å². The number of para-hydroxylation sites is 1. The van der Waals surface area contributed by atoms with Crippen LogP contribution in [0.3, 0.4) is 0 Å². The van der Waals surface area contributed by atoms with Gasteiger partial charge in [0.1, 0.15) is 24.2 Å². The number of primary amides is 2. The number of rotatable bonds is 16. The minimum absolute atomic E-state index is 0.0318. The zero-order valence-electron chi connectivity index (χ0n) is 25.7. The molecule has 2 aromatic rings. The lowest BCUT2D eigenvalue weighted by Gasteiger charge is -2.37. The Labute approximate surface area is 265 Å². The van der Waals surface area contributed by atoms with Crippen LogP contribution in [0, 0.1) is 0 Å². The number of aliphatic carboxylic acids is 1. The molecule has 1 aliphatic rings. The topological polar surface area (TPSA) is 259 Å². The molecule has 1 fully saturated rings. The molecule has 46 heavy (non-hydrogen) atoms. The molecule has 16 heteroatoms. The number of piperidine rings is 1. The number of fused-ring (bicyclic) bond motifs is 1. The zero-order valence-corrected chi connectivity index (χ0v) is 25.7. The van der Waals surface area contributed by atoms with Gasteiger partial charge in [-0.15, -0.1) is 0 Å². The molecule has 1 aromatic heterocycles. The number of carboxylic acids is 1. The predicted octanol–water partition coefficient (Wildman–Crippen LogP) is -0.636.